The van der Waals surface area contributed by atoms with Crippen LogP contribution in [-0.4, -0.2) is 23.8 Å². The van der Waals surface area contributed by atoms with Crippen molar-refractivity contribution in [2.75, 3.05) is 12.8 Å². The van der Waals surface area contributed by atoms with Crippen LogP contribution in [0.25, 0.3) is 0 Å². The molecule has 0 radical (unpaired) electrons. The van der Waals surface area contributed by atoms with Gasteiger partial charge in [0.2, 0.25) is 0 Å². The van der Waals surface area contributed by atoms with Gasteiger partial charge in [0, 0.05) is 11.8 Å². The largest absolute Gasteiger partial charge is 0.440 e. The number of rotatable bonds is 5. The Balaban J connectivity index is 1.80. The van der Waals surface area contributed by atoms with E-state index in [0.29, 0.717) is 6.04 Å². The van der Waals surface area contributed by atoms with Crippen molar-refractivity contribution in [2.45, 2.75) is 31.0 Å². The quantitative estimate of drug-likeness (QED) is 0.758. The van der Waals surface area contributed by atoms with Crippen molar-refractivity contribution >= 4 is 11.8 Å². The number of hydrogen-bond acceptors (Lipinski definition) is 4. The van der Waals surface area contributed by atoms with Gasteiger partial charge in [-0.3, -0.25) is 0 Å². The van der Waals surface area contributed by atoms with Gasteiger partial charge in [-0.2, -0.15) is 0 Å². The molecule has 14 heavy (non-hydrogen) atoms. The Morgan fingerprint density at radius 2 is 2.50 bits per heavy atom. The summed E-state index contributed by atoms with van der Waals surface area (Å²) in [7, 11) is 2.03. The molecule has 0 aliphatic heterocycles. The molecule has 1 aromatic heterocycles. The Hall–Kier alpha value is -0.480. The summed E-state index contributed by atoms with van der Waals surface area (Å²) in [5.41, 5.74) is 0.958. The third kappa shape index (κ3) is 2.51. The van der Waals surface area contributed by atoms with E-state index >= 15 is 0 Å². The van der Waals surface area contributed by atoms with Gasteiger partial charge < -0.3 is 9.73 Å². The lowest BCUT2D eigenvalue weighted by atomic mass is 10.2. The summed E-state index contributed by atoms with van der Waals surface area (Å²) in [6.45, 7) is 1.95. The highest BCUT2D eigenvalue weighted by molar-refractivity contribution is 7.99. The smallest absolute Gasteiger partial charge is 0.255 e. The number of aryl methyl sites for hydroxylation is 1. The van der Waals surface area contributed by atoms with Gasteiger partial charge in [-0.15, -0.1) is 0 Å². The predicted molar refractivity (Wildman–Crippen MR) is 57.5 cm³/mol. The summed E-state index contributed by atoms with van der Waals surface area (Å²) in [5.74, 6) is 1.93. The molecule has 1 heterocycles. The van der Waals surface area contributed by atoms with E-state index in [9.17, 15) is 0 Å². The zero-order valence-corrected chi connectivity index (χ0v) is 9.43. The topological polar surface area (TPSA) is 38.1 Å². The second kappa shape index (κ2) is 4.36. The number of nitrogens with one attached hydrogen (secondary N) is 1. The molecule has 2 rings (SSSR count). The fourth-order valence-corrected chi connectivity index (χ4v) is 2.60. The highest BCUT2D eigenvalue weighted by Crippen LogP contribution is 2.34. The lowest BCUT2D eigenvalue weighted by Gasteiger charge is -2.12. The Morgan fingerprint density at radius 1 is 1.71 bits per heavy atom. The molecule has 1 atom stereocenters. The Morgan fingerprint density at radius 3 is 3.00 bits per heavy atom. The second-order valence-electron chi connectivity index (χ2n) is 3.80. The van der Waals surface area contributed by atoms with Gasteiger partial charge in [0.25, 0.3) is 5.22 Å². The highest BCUT2D eigenvalue weighted by atomic mass is 32.2. The molecule has 78 valence electrons. The maximum atomic E-state index is 5.28. The first-order valence-corrected chi connectivity index (χ1v) is 6.00. The van der Waals surface area contributed by atoms with E-state index < -0.39 is 0 Å². The van der Waals surface area contributed by atoms with Gasteiger partial charge in [-0.25, -0.2) is 4.98 Å². The first kappa shape index (κ1) is 10.1. The van der Waals surface area contributed by atoms with Crippen molar-refractivity contribution in [3.63, 3.8) is 0 Å². The Labute approximate surface area is 88.7 Å². The first-order chi connectivity index (χ1) is 6.79. The summed E-state index contributed by atoms with van der Waals surface area (Å²) in [5, 5.41) is 4.15. The maximum Gasteiger partial charge on any atom is 0.255 e. The lowest BCUT2D eigenvalue weighted by Crippen LogP contribution is -2.29. The summed E-state index contributed by atoms with van der Waals surface area (Å²) in [4.78, 5) is 4.27. The van der Waals surface area contributed by atoms with Gasteiger partial charge in [0.1, 0.15) is 6.26 Å². The molecule has 1 saturated carbocycles. The Kier molecular flexibility index (Phi) is 3.13. The van der Waals surface area contributed by atoms with Crippen molar-refractivity contribution < 1.29 is 4.42 Å². The molecule has 0 aromatic carbocycles. The molecule has 0 saturated heterocycles. The van der Waals surface area contributed by atoms with Gasteiger partial charge in [-0.05, 0) is 32.7 Å². The van der Waals surface area contributed by atoms with Crippen LogP contribution < -0.4 is 5.32 Å². The molecule has 3 nitrogen and oxygen atoms in total. The van der Waals surface area contributed by atoms with Crippen LogP contribution in [0.3, 0.4) is 0 Å². The minimum atomic E-state index is 0.618. The predicted octanol–water partition coefficient (Wildman–Crippen LogP) is 2.07. The number of hydrogen-bond donors (Lipinski definition) is 1. The summed E-state index contributed by atoms with van der Waals surface area (Å²) >= 11 is 1.70. The van der Waals surface area contributed by atoms with E-state index in [1.54, 1.807) is 18.0 Å². The normalized spacial score (nSPS) is 18.4. The maximum absolute atomic E-state index is 5.28. The summed E-state index contributed by atoms with van der Waals surface area (Å²) in [6.07, 6.45) is 4.45. The van der Waals surface area contributed by atoms with E-state index in [4.69, 9.17) is 4.42 Å². The third-order valence-electron chi connectivity index (χ3n) is 2.55. The summed E-state index contributed by atoms with van der Waals surface area (Å²) < 4.78 is 5.28. The van der Waals surface area contributed by atoms with Gasteiger partial charge in [-0.1, -0.05) is 11.8 Å². The molecule has 1 aliphatic carbocycles. The van der Waals surface area contributed by atoms with Crippen molar-refractivity contribution in [1.29, 1.82) is 0 Å². The summed E-state index contributed by atoms with van der Waals surface area (Å²) in [6, 6.07) is 0.618. The van der Waals surface area contributed by atoms with E-state index in [-0.39, 0.29) is 0 Å². The van der Waals surface area contributed by atoms with E-state index in [1.807, 2.05) is 14.0 Å². The molecule has 1 N–H and O–H groups in total. The standard InChI is InChI=1S/C10H16N2OS/c1-7-5-13-10(12-7)14-6-9(11-2)8-3-4-8/h5,8-9,11H,3-4,6H2,1-2H3. The van der Waals surface area contributed by atoms with Gasteiger partial charge in [0.15, 0.2) is 0 Å². The molecular weight excluding hydrogens is 196 g/mol. The zero-order chi connectivity index (χ0) is 9.97. The number of thioether (sulfide) groups is 1. The molecule has 4 heteroatoms. The fraction of sp³-hybridized carbons (Fsp3) is 0.700. The number of oxazole rings is 1. The van der Waals surface area contributed by atoms with Crippen molar-refractivity contribution in [3.05, 3.63) is 12.0 Å². The molecule has 0 spiro atoms. The molecule has 0 amide bonds. The highest BCUT2D eigenvalue weighted by Gasteiger charge is 2.30. The van der Waals surface area contributed by atoms with Crippen LogP contribution in [0.5, 0.6) is 0 Å². The third-order valence-corrected chi connectivity index (χ3v) is 3.51. The SMILES string of the molecule is CNC(CSc1nc(C)co1)C1CC1. The van der Waals surface area contributed by atoms with Crippen molar-refractivity contribution in [1.82, 2.24) is 10.3 Å². The van der Waals surface area contributed by atoms with Crippen LogP contribution in [0.1, 0.15) is 18.5 Å². The van der Waals surface area contributed by atoms with Crippen LogP contribution in [0.2, 0.25) is 0 Å². The zero-order valence-electron chi connectivity index (χ0n) is 8.62. The van der Waals surface area contributed by atoms with Crippen LogP contribution >= 0.6 is 11.8 Å². The first-order valence-electron chi connectivity index (χ1n) is 5.02. The van der Waals surface area contributed by atoms with Crippen LogP contribution in [0, 0.1) is 12.8 Å². The average molecular weight is 212 g/mol. The van der Waals surface area contributed by atoms with E-state index in [1.165, 1.54) is 12.8 Å². The molecule has 1 aliphatic rings. The molecule has 1 unspecified atom stereocenters. The fourth-order valence-electron chi connectivity index (χ4n) is 1.51. The minimum absolute atomic E-state index is 0.618. The lowest BCUT2D eigenvalue weighted by molar-refractivity contribution is 0.452. The molecule has 1 fully saturated rings. The van der Waals surface area contributed by atoms with E-state index in [2.05, 4.69) is 10.3 Å². The average Bonchev–Trinajstić information content (AvgIpc) is 2.92. The van der Waals surface area contributed by atoms with Gasteiger partial charge in [0.05, 0.1) is 5.69 Å². The second-order valence-corrected chi connectivity index (χ2v) is 4.77. The monoisotopic (exact) mass is 212 g/mol. The van der Waals surface area contributed by atoms with Crippen molar-refractivity contribution in [3.8, 4) is 0 Å². The minimum Gasteiger partial charge on any atom is -0.440 e. The van der Waals surface area contributed by atoms with Crippen LogP contribution in [-0.2, 0) is 0 Å². The molecule has 0 bridgehead atoms. The molecule has 1 aromatic rings. The number of aromatic nitrogens is 1. The Bertz CT molecular complexity index is 296. The van der Waals surface area contributed by atoms with Gasteiger partial charge >= 0.3 is 0 Å². The van der Waals surface area contributed by atoms with Crippen LogP contribution in [0.15, 0.2) is 15.9 Å². The van der Waals surface area contributed by atoms with E-state index in [0.717, 1.165) is 22.6 Å². The molecular formula is C10H16N2OS. The number of nitrogens with zero attached hydrogens (tertiary/aromatic N) is 1. The van der Waals surface area contributed by atoms with Crippen molar-refractivity contribution in [2.24, 2.45) is 5.92 Å². The van der Waals surface area contributed by atoms with Crippen LogP contribution in [0.4, 0.5) is 0 Å².